The summed E-state index contributed by atoms with van der Waals surface area (Å²) in [6, 6.07) is 1.65. The average molecular weight is 267 g/mol. The first-order valence-electron chi connectivity index (χ1n) is 6.94. The summed E-state index contributed by atoms with van der Waals surface area (Å²) < 4.78 is 10.8. The molecule has 0 aliphatic carbocycles. The lowest BCUT2D eigenvalue weighted by Crippen LogP contribution is -2.14. The Morgan fingerprint density at radius 3 is 2.74 bits per heavy atom. The van der Waals surface area contributed by atoms with Gasteiger partial charge in [-0.25, -0.2) is 4.98 Å². The van der Waals surface area contributed by atoms with Gasteiger partial charge in [-0.2, -0.15) is 4.98 Å². The highest BCUT2D eigenvalue weighted by Crippen LogP contribution is 2.15. The molecule has 0 fully saturated rings. The van der Waals surface area contributed by atoms with Crippen LogP contribution in [0.1, 0.15) is 51.8 Å². The Bertz CT molecular complexity index is 372. The largest absolute Gasteiger partial charge is 0.475 e. The quantitative estimate of drug-likeness (QED) is 0.696. The van der Waals surface area contributed by atoms with Gasteiger partial charge in [-0.15, -0.1) is 0 Å². The molecule has 1 heterocycles. The number of hydrogen-bond donors (Lipinski definition) is 1. The highest BCUT2D eigenvalue weighted by atomic mass is 16.5. The van der Waals surface area contributed by atoms with Crippen LogP contribution >= 0.6 is 0 Å². The standard InChI is InChI=1S/C14H25N3O2/c1-4-5-6-7-8-11(2)19-14-9-12(15)16-13(17-14)10-18-3/h9,11H,4-8,10H2,1-3H3,(H2,15,16,17). The van der Waals surface area contributed by atoms with Crippen LogP contribution in [0.25, 0.3) is 0 Å². The summed E-state index contributed by atoms with van der Waals surface area (Å²) in [5.41, 5.74) is 5.72. The zero-order chi connectivity index (χ0) is 14.1. The van der Waals surface area contributed by atoms with Gasteiger partial charge in [-0.1, -0.05) is 26.2 Å². The Labute approximate surface area is 115 Å². The summed E-state index contributed by atoms with van der Waals surface area (Å²) >= 11 is 0. The maximum atomic E-state index is 5.78. The minimum absolute atomic E-state index is 0.140. The third kappa shape index (κ3) is 6.38. The number of nitrogens with zero attached hydrogens (tertiary/aromatic N) is 2. The monoisotopic (exact) mass is 267 g/mol. The predicted molar refractivity (Wildman–Crippen MR) is 76.0 cm³/mol. The number of ether oxygens (including phenoxy) is 2. The van der Waals surface area contributed by atoms with E-state index in [9.17, 15) is 0 Å². The third-order valence-corrected chi connectivity index (χ3v) is 2.83. The van der Waals surface area contributed by atoms with Crippen molar-refractivity contribution in [2.24, 2.45) is 0 Å². The number of unbranched alkanes of at least 4 members (excludes halogenated alkanes) is 3. The lowest BCUT2D eigenvalue weighted by molar-refractivity contribution is 0.171. The fourth-order valence-electron chi connectivity index (χ4n) is 1.87. The van der Waals surface area contributed by atoms with E-state index in [1.54, 1.807) is 13.2 Å². The number of rotatable bonds is 9. The van der Waals surface area contributed by atoms with Crippen molar-refractivity contribution in [3.63, 3.8) is 0 Å². The molecule has 0 aromatic carbocycles. The third-order valence-electron chi connectivity index (χ3n) is 2.83. The van der Waals surface area contributed by atoms with Gasteiger partial charge in [0.15, 0.2) is 5.82 Å². The molecular weight excluding hydrogens is 242 g/mol. The van der Waals surface area contributed by atoms with Gasteiger partial charge in [-0.05, 0) is 19.8 Å². The van der Waals surface area contributed by atoms with E-state index >= 15 is 0 Å². The van der Waals surface area contributed by atoms with E-state index < -0.39 is 0 Å². The smallest absolute Gasteiger partial charge is 0.219 e. The molecule has 1 atom stereocenters. The van der Waals surface area contributed by atoms with Crippen LogP contribution in [-0.2, 0) is 11.3 Å². The first kappa shape index (κ1) is 15.7. The zero-order valence-electron chi connectivity index (χ0n) is 12.2. The first-order chi connectivity index (χ1) is 9.15. The fraction of sp³-hybridized carbons (Fsp3) is 0.714. The predicted octanol–water partition coefficient (Wildman–Crippen LogP) is 2.94. The second-order valence-electron chi connectivity index (χ2n) is 4.76. The summed E-state index contributed by atoms with van der Waals surface area (Å²) in [5, 5.41) is 0. The summed E-state index contributed by atoms with van der Waals surface area (Å²) in [5.74, 6) is 1.49. The molecule has 0 radical (unpaired) electrons. The van der Waals surface area contributed by atoms with E-state index in [0.717, 1.165) is 6.42 Å². The normalized spacial score (nSPS) is 12.4. The van der Waals surface area contributed by atoms with Crippen LogP contribution in [0.2, 0.25) is 0 Å². The van der Waals surface area contributed by atoms with E-state index in [2.05, 4.69) is 23.8 Å². The number of nitrogen functional groups attached to an aromatic ring is 1. The molecule has 108 valence electrons. The van der Waals surface area contributed by atoms with Crippen molar-refractivity contribution in [3.05, 3.63) is 11.9 Å². The van der Waals surface area contributed by atoms with Crippen molar-refractivity contribution in [1.29, 1.82) is 0 Å². The van der Waals surface area contributed by atoms with Crippen molar-refractivity contribution in [2.75, 3.05) is 12.8 Å². The maximum absolute atomic E-state index is 5.78. The second kappa shape index (κ2) is 8.69. The molecular formula is C14H25N3O2. The van der Waals surface area contributed by atoms with Gasteiger partial charge in [0.25, 0.3) is 0 Å². The Kier molecular flexibility index (Phi) is 7.18. The Morgan fingerprint density at radius 1 is 1.26 bits per heavy atom. The van der Waals surface area contributed by atoms with E-state index in [-0.39, 0.29) is 6.10 Å². The van der Waals surface area contributed by atoms with Gasteiger partial charge in [-0.3, -0.25) is 0 Å². The van der Waals surface area contributed by atoms with Crippen molar-refractivity contribution in [1.82, 2.24) is 9.97 Å². The van der Waals surface area contributed by atoms with Crippen molar-refractivity contribution in [3.8, 4) is 5.88 Å². The average Bonchev–Trinajstić information content (AvgIpc) is 2.34. The van der Waals surface area contributed by atoms with E-state index in [0.29, 0.717) is 24.1 Å². The lowest BCUT2D eigenvalue weighted by Gasteiger charge is -2.14. The molecule has 1 rings (SSSR count). The van der Waals surface area contributed by atoms with Gasteiger partial charge in [0.05, 0.1) is 6.10 Å². The second-order valence-corrected chi connectivity index (χ2v) is 4.76. The first-order valence-corrected chi connectivity index (χ1v) is 6.94. The summed E-state index contributed by atoms with van der Waals surface area (Å²) in [7, 11) is 1.60. The van der Waals surface area contributed by atoms with E-state index in [4.69, 9.17) is 15.2 Å². The molecule has 0 bridgehead atoms. The Balaban J connectivity index is 2.46. The minimum atomic E-state index is 0.140. The lowest BCUT2D eigenvalue weighted by atomic mass is 10.1. The highest BCUT2D eigenvalue weighted by molar-refractivity contribution is 5.32. The van der Waals surface area contributed by atoms with Crippen molar-refractivity contribution < 1.29 is 9.47 Å². The number of aromatic nitrogens is 2. The topological polar surface area (TPSA) is 70.3 Å². The molecule has 5 heteroatoms. The SMILES string of the molecule is CCCCCCC(C)Oc1cc(N)nc(COC)n1. The van der Waals surface area contributed by atoms with Gasteiger partial charge < -0.3 is 15.2 Å². The van der Waals surface area contributed by atoms with E-state index in [1.165, 1.54) is 25.7 Å². The molecule has 1 unspecified atom stereocenters. The van der Waals surface area contributed by atoms with E-state index in [1.807, 2.05) is 0 Å². The Hall–Kier alpha value is -1.36. The molecule has 2 N–H and O–H groups in total. The summed E-state index contributed by atoms with van der Waals surface area (Å²) in [6.07, 6.45) is 6.14. The number of nitrogens with two attached hydrogens (primary N) is 1. The number of anilines is 1. The van der Waals surface area contributed by atoms with Crippen LogP contribution in [0.3, 0.4) is 0 Å². The van der Waals surface area contributed by atoms with Crippen LogP contribution in [0.4, 0.5) is 5.82 Å². The van der Waals surface area contributed by atoms with Crippen LogP contribution in [0.5, 0.6) is 5.88 Å². The zero-order valence-corrected chi connectivity index (χ0v) is 12.2. The van der Waals surface area contributed by atoms with Gasteiger partial charge >= 0.3 is 0 Å². The Morgan fingerprint density at radius 2 is 2.05 bits per heavy atom. The molecule has 5 nitrogen and oxygen atoms in total. The maximum Gasteiger partial charge on any atom is 0.219 e. The molecule has 1 aromatic heterocycles. The van der Waals surface area contributed by atoms with Crippen LogP contribution < -0.4 is 10.5 Å². The molecule has 1 aromatic rings. The molecule has 0 spiro atoms. The van der Waals surface area contributed by atoms with Crippen molar-refractivity contribution in [2.45, 2.75) is 58.7 Å². The van der Waals surface area contributed by atoms with Gasteiger partial charge in [0.1, 0.15) is 12.4 Å². The molecule has 0 aliphatic rings. The summed E-state index contributed by atoms with van der Waals surface area (Å²) in [6.45, 7) is 4.60. The summed E-state index contributed by atoms with van der Waals surface area (Å²) in [4.78, 5) is 8.35. The molecule has 0 saturated heterocycles. The van der Waals surface area contributed by atoms with Gasteiger partial charge in [0, 0.05) is 13.2 Å². The number of hydrogen-bond acceptors (Lipinski definition) is 5. The highest BCUT2D eigenvalue weighted by Gasteiger charge is 2.08. The molecule has 19 heavy (non-hydrogen) atoms. The number of methoxy groups -OCH3 is 1. The fourth-order valence-corrected chi connectivity index (χ4v) is 1.87. The molecule has 0 amide bonds. The molecule has 0 aliphatic heterocycles. The van der Waals surface area contributed by atoms with Gasteiger partial charge in [0.2, 0.25) is 5.88 Å². The minimum Gasteiger partial charge on any atom is -0.475 e. The van der Waals surface area contributed by atoms with Crippen LogP contribution in [0, 0.1) is 0 Å². The molecule has 0 saturated carbocycles. The van der Waals surface area contributed by atoms with Crippen molar-refractivity contribution >= 4 is 5.82 Å². The van der Waals surface area contributed by atoms with Crippen LogP contribution in [0.15, 0.2) is 6.07 Å². The van der Waals surface area contributed by atoms with Crippen LogP contribution in [-0.4, -0.2) is 23.2 Å².